The summed E-state index contributed by atoms with van der Waals surface area (Å²) in [5.41, 5.74) is 2.06. The lowest BCUT2D eigenvalue weighted by atomic mass is 9.91. The van der Waals surface area contributed by atoms with Crippen molar-refractivity contribution >= 4 is 11.9 Å². The normalized spacial score (nSPS) is 25.2. The van der Waals surface area contributed by atoms with E-state index in [1.54, 1.807) is 0 Å². The van der Waals surface area contributed by atoms with E-state index in [-0.39, 0.29) is 11.8 Å². The molecule has 0 spiro atoms. The van der Waals surface area contributed by atoms with E-state index in [0.717, 1.165) is 24.0 Å². The van der Waals surface area contributed by atoms with E-state index in [9.17, 15) is 14.7 Å². The van der Waals surface area contributed by atoms with Crippen LogP contribution in [-0.2, 0) is 27.3 Å². The molecule has 1 fully saturated rings. The van der Waals surface area contributed by atoms with Crippen LogP contribution in [0.3, 0.4) is 0 Å². The molecular weight excluding hydrogens is 270 g/mol. The molecule has 1 amide bonds. The Morgan fingerprint density at radius 3 is 2.67 bits per heavy atom. The largest absolute Gasteiger partial charge is 0.480 e. The molecule has 1 aromatic carbocycles. The van der Waals surface area contributed by atoms with E-state index >= 15 is 0 Å². The number of amides is 1. The standard InChI is InChI=1S/C16H19NO4/c18-15(13-6-3-7-21-10-13)17-9-12-5-2-1-4-11(12)8-14(17)16(19)20/h1-2,4-5,13-14H,3,6-10H2,(H,19,20)/t13-,14+/m0/s1. The Hall–Kier alpha value is -1.88. The molecule has 112 valence electrons. The summed E-state index contributed by atoms with van der Waals surface area (Å²) in [5.74, 6) is -1.22. The molecule has 2 heterocycles. The van der Waals surface area contributed by atoms with Crippen LogP contribution in [0.1, 0.15) is 24.0 Å². The van der Waals surface area contributed by atoms with Gasteiger partial charge in [0.2, 0.25) is 5.91 Å². The Labute approximate surface area is 123 Å². The van der Waals surface area contributed by atoms with E-state index in [0.29, 0.717) is 26.2 Å². The quantitative estimate of drug-likeness (QED) is 0.895. The van der Waals surface area contributed by atoms with Gasteiger partial charge in [-0.2, -0.15) is 0 Å². The molecule has 0 bridgehead atoms. The number of nitrogens with zero attached hydrogens (tertiary/aromatic N) is 1. The summed E-state index contributed by atoms with van der Waals surface area (Å²) in [7, 11) is 0. The van der Waals surface area contributed by atoms with Crippen molar-refractivity contribution in [1.82, 2.24) is 4.90 Å². The molecule has 0 unspecified atom stereocenters. The van der Waals surface area contributed by atoms with Crippen LogP contribution in [0.15, 0.2) is 24.3 Å². The third kappa shape index (κ3) is 2.78. The number of aliphatic carboxylic acids is 1. The van der Waals surface area contributed by atoms with Gasteiger partial charge in [-0.05, 0) is 24.0 Å². The Balaban J connectivity index is 1.85. The van der Waals surface area contributed by atoms with Crippen LogP contribution in [0.2, 0.25) is 0 Å². The molecule has 1 saturated heterocycles. The number of rotatable bonds is 2. The number of carboxylic acids is 1. The molecule has 1 N–H and O–H groups in total. The van der Waals surface area contributed by atoms with Crippen molar-refractivity contribution in [1.29, 1.82) is 0 Å². The molecular formula is C16H19NO4. The Morgan fingerprint density at radius 2 is 2.00 bits per heavy atom. The van der Waals surface area contributed by atoms with Crippen molar-refractivity contribution in [3.8, 4) is 0 Å². The van der Waals surface area contributed by atoms with E-state index < -0.39 is 12.0 Å². The number of benzene rings is 1. The van der Waals surface area contributed by atoms with Crippen molar-refractivity contribution in [2.75, 3.05) is 13.2 Å². The van der Waals surface area contributed by atoms with Gasteiger partial charge in [0.25, 0.3) is 0 Å². The Morgan fingerprint density at radius 1 is 1.24 bits per heavy atom. The number of hydrogen-bond donors (Lipinski definition) is 1. The number of ether oxygens (including phenoxy) is 1. The molecule has 2 atom stereocenters. The third-order valence-corrected chi connectivity index (χ3v) is 4.33. The second kappa shape index (κ2) is 5.85. The second-order valence-corrected chi connectivity index (χ2v) is 5.71. The first-order chi connectivity index (χ1) is 10.2. The first-order valence-corrected chi connectivity index (χ1v) is 7.34. The summed E-state index contributed by atoms with van der Waals surface area (Å²) < 4.78 is 5.36. The zero-order valence-corrected chi connectivity index (χ0v) is 11.8. The summed E-state index contributed by atoms with van der Waals surface area (Å²) in [6, 6.07) is 6.97. The summed E-state index contributed by atoms with van der Waals surface area (Å²) in [5, 5.41) is 9.46. The molecule has 0 aliphatic carbocycles. The molecule has 5 nitrogen and oxygen atoms in total. The van der Waals surface area contributed by atoms with E-state index in [1.165, 1.54) is 4.90 Å². The van der Waals surface area contributed by atoms with Gasteiger partial charge in [0.15, 0.2) is 0 Å². The van der Waals surface area contributed by atoms with Crippen LogP contribution >= 0.6 is 0 Å². The van der Waals surface area contributed by atoms with Gasteiger partial charge in [0.1, 0.15) is 6.04 Å². The highest BCUT2D eigenvalue weighted by atomic mass is 16.5. The molecule has 2 aliphatic rings. The number of carbonyl (C=O) groups is 2. The van der Waals surface area contributed by atoms with Gasteiger partial charge in [0.05, 0.1) is 12.5 Å². The minimum Gasteiger partial charge on any atom is -0.480 e. The fourth-order valence-corrected chi connectivity index (χ4v) is 3.15. The average Bonchev–Trinajstić information content (AvgIpc) is 2.53. The van der Waals surface area contributed by atoms with Crippen LogP contribution in [0.25, 0.3) is 0 Å². The number of carboxylic acid groups (broad SMARTS) is 1. The monoisotopic (exact) mass is 289 g/mol. The lowest BCUT2D eigenvalue weighted by molar-refractivity contribution is -0.155. The summed E-state index contributed by atoms with van der Waals surface area (Å²) in [4.78, 5) is 25.7. The second-order valence-electron chi connectivity index (χ2n) is 5.71. The van der Waals surface area contributed by atoms with Crippen LogP contribution < -0.4 is 0 Å². The lowest BCUT2D eigenvalue weighted by Gasteiger charge is -2.37. The maximum atomic E-state index is 12.7. The zero-order chi connectivity index (χ0) is 14.8. The molecule has 2 aliphatic heterocycles. The Kier molecular flexibility index (Phi) is 3.92. The van der Waals surface area contributed by atoms with Crippen LogP contribution in [0.4, 0.5) is 0 Å². The highest BCUT2D eigenvalue weighted by Crippen LogP contribution is 2.27. The minimum absolute atomic E-state index is 0.0865. The van der Waals surface area contributed by atoms with Gasteiger partial charge in [0, 0.05) is 19.6 Å². The number of fused-ring (bicyclic) bond motifs is 1. The molecule has 1 aromatic rings. The number of hydrogen-bond acceptors (Lipinski definition) is 3. The predicted molar refractivity (Wildman–Crippen MR) is 75.7 cm³/mol. The zero-order valence-electron chi connectivity index (χ0n) is 11.8. The van der Waals surface area contributed by atoms with E-state index in [2.05, 4.69) is 0 Å². The fraction of sp³-hybridized carbons (Fsp3) is 0.500. The van der Waals surface area contributed by atoms with Crippen molar-refractivity contribution in [2.45, 2.75) is 31.8 Å². The van der Waals surface area contributed by atoms with Gasteiger partial charge in [-0.1, -0.05) is 24.3 Å². The van der Waals surface area contributed by atoms with Gasteiger partial charge in [-0.15, -0.1) is 0 Å². The van der Waals surface area contributed by atoms with Gasteiger partial charge < -0.3 is 14.7 Å². The van der Waals surface area contributed by atoms with Crippen LogP contribution in [0.5, 0.6) is 0 Å². The third-order valence-electron chi connectivity index (χ3n) is 4.33. The molecule has 3 rings (SSSR count). The van der Waals surface area contributed by atoms with E-state index in [1.807, 2.05) is 24.3 Å². The summed E-state index contributed by atoms with van der Waals surface area (Å²) in [6.45, 7) is 1.47. The topological polar surface area (TPSA) is 66.8 Å². The van der Waals surface area contributed by atoms with Crippen LogP contribution in [-0.4, -0.2) is 41.1 Å². The highest BCUT2D eigenvalue weighted by Gasteiger charge is 2.37. The molecule has 21 heavy (non-hydrogen) atoms. The summed E-state index contributed by atoms with van der Waals surface area (Å²) in [6.07, 6.45) is 2.02. The first-order valence-electron chi connectivity index (χ1n) is 7.34. The van der Waals surface area contributed by atoms with Crippen molar-refractivity contribution in [3.05, 3.63) is 35.4 Å². The highest BCUT2D eigenvalue weighted by molar-refractivity contribution is 5.86. The first kappa shape index (κ1) is 14.1. The molecule has 0 radical (unpaired) electrons. The summed E-state index contributed by atoms with van der Waals surface area (Å²) >= 11 is 0. The maximum Gasteiger partial charge on any atom is 0.326 e. The average molecular weight is 289 g/mol. The van der Waals surface area contributed by atoms with Crippen molar-refractivity contribution < 1.29 is 19.4 Å². The lowest BCUT2D eigenvalue weighted by Crippen LogP contribution is -2.51. The molecule has 0 aromatic heterocycles. The fourth-order valence-electron chi connectivity index (χ4n) is 3.15. The SMILES string of the molecule is O=C(O)[C@H]1Cc2ccccc2CN1C(=O)[C@H]1CCCOC1. The van der Waals surface area contributed by atoms with Gasteiger partial charge >= 0.3 is 5.97 Å². The Bertz CT molecular complexity index is 551. The van der Waals surface area contributed by atoms with E-state index in [4.69, 9.17) is 4.74 Å². The van der Waals surface area contributed by atoms with Crippen LogP contribution in [0, 0.1) is 5.92 Å². The predicted octanol–water partition coefficient (Wildman–Crippen LogP) is 1.45. The number of carbonyl (C=O) groups excluding carboxylic acids is 1. The minimum atomic E-state index is -0.936. The molecule has 0 saturated carbocycles. The van der Waals surface area contributed by atoms with Gasteiger partial charge in [-0.3, -0.25) is 4.79 Å². The smallest absolute Gasteiger partial charge is 0.326 e. The van der Waals surface area contributed by atoms with Gasteiger partial charge in [-0.25, -0.2) is 4.79 Å². The molecule has 5 heteroatoms. The van der Waals surface area contributed by atoms with Crippen molar-refractivity contribution in [2.24, 2.45) is 5.92 Å². The maximum absolute atomic E-state index is 12.7. The van der Waals surface area contributed by atoms with Crippen molar-refractivity contribution in [3.63, 3.8) is 0 Å².